The van der Waals surface area contributed by atoms with Crippen molar-refractivity contribution in [2.45, 2.75) is 24.4 Å². The fourth-order valence-electron chi connectivity index (χ4n) is 1.01. The molecular formula is C6H5F3N4. The number of nitrogens with one attached hydrogen (secondary N) is 2. The Balaban J connectivity index is 2.72. The number of hydrogen-bond donors (Lipinski definition) is 2. The zero-order chi connectivity index (χ0) is 10.1. The zero-order valence-corrected chi connectivity index (χ0v) is 6.26. The SMILES string of the molecule is N#CC1NC(C(F)(F)F)NC1C#N. The van der Waals surface area contributed by atoms with Crippen LogP contribution in [0.3, 0.4) is 0 Å². The largest absolute Gasteiger partial charge is 0.417 e. The summed E-state index contributed by atoms with van der Waals surface area (Å²) in [5, 5.41) is 20.7. The molecule has 0 aromatic rings. The van der Waals surface area contributed by atoms with Crippen LogP contribution in [0.4, 0.5) is 13.2 Å². The Morgan fingerprint density at radius 3 is 1.62 bits per heavy atom. The predicted molar refractivity (Wildman–Crippen MR) is 34.9 cm³/mol. The molecule has 1 aliphatic heterocycles. The molecule has 1 heterocycles. The lowest BCUT2D eigenvalue weighted by Crippen LogP contribution is -2.46. The second-order valence-electron chi connectivity index (χ2n) is 2.52. The van der Waals surface area contributed by atoms with Gasteiger partial charge in [0.25, 0.3) is 0 Å². The van der Waals surface area contributed by atoms with Gasteiger partial charge in [-0.25, -0.2) is 0 Å². The molecule has 1 fully saturated rings. The first-order valence-electron chi connectivity index (χ1n) is 3.37. The summed E-state index contributed by atoms with van der Waals surface area (Å²) in [5.41, 5.74) is 0. The van der Waals surface area contributed by atoms with Gasteiger partial charge < -0.3 is 0 Å². The van der Waals surface area contributed by atoms with Crippen molar-refractivity contribution in [3.05, 3.63) is 0 Å². The van der Waals surface area contributed by atoms with Crippen LogP contribution in [0.5, 0.6) is 0 Å². The van der Waals surface area contributed by atoms with Crippen LogP contribution >= 0.6 is 0 Å². The predicted octanol–water partition coefficient (Wildman–Crippen LogP) is -0.148. The van der Waals surface area contributed by atoms with Gasteiger partial charge in [-0.1, -0.05) is 0 Å². The summed E-state index contributed by atoms with van der Waals surface area (Å²) in [4.78, 5) is 0. The maximum absolute atomic E-state index is 12.0. The van der Waals surface area contributed by atoms with E-state index in [-0.39, 0.29) is 0 Å². The quantitative estimate of drug-likeness (QED) is 0.557. The van der Waals surface area contributed by atoms with Gasteiger partial charge in [0.1, 0.15) is 12.1 Å². The lowest BCUT2D eigenvalue weighted by Gasteiger charge is -2.14. The molecule has 0 aromatic heterocycles. The van der Waals surface area contributed by atoms with Crippen LogP contribution in [-0.4, -0.2) is 24.4 Å². The third-order valence-electron chi connectivity index (χ3n) is 1.63. The van der Waals surface area contributed by atoms with Crippen molar-refractivity contribution in [2.75, 3.05) is 0 Å². The van der Waals surface area contributed by atoms with E-state index in [1.54, 1.807) is 12.1 Å². The van der Waals surface area contributed by atoms with Crippen molar-refractivity contribution < 1.29 is 13.2 Å². The van der Waals surface area contributed by atoms with Crippen LogP contribution in [0.2, 0.25) is 0 Å². The Bertz CT molecular complexity index is 251. The molecule has 1 saturated heterocycles. The van der Waals surface area contributed by atoms with Crippen LogP contribution in [0.25, 0.3) is 0 Å². The van der Waals surface area contributed by atoms with E-state index >= 15 is 0 Å². The molecule has 2 unspecified atom stereocenters. The summed E-state index contributed by atoms with van der Waals surface area (Å²) in [6, 6.07) is 0.913. The maximum Gasteiger partial charge on any atom is 0.417 e. The second kappa shape index (κ2) is 3.21. The third-order valence-corrected chi connectivity index (χ3v) is 1.63. The summed E-state index contributed by atoms with van der Waals surface area (Å²) in [6.45, 7) is 0. The lowest BCUT2D eigenvalue weighted by molar-refractivity contribution is -0.157. The Kier molecular flexibility index (Phi) is 2.41. The van der Waals surface area contributed by atoms with E-state index in [0.717, 1.165) is 0 Å². The monoisotopic (exact) mass is 190 g/mol. The van der Waals surface area contributed by atoms with Crippen molar-refractivity contribution in [2.24, 2.45) is 0 Å². The first kappa shape index (κ1) is 9.78. The molecular weight excluding hydrogens is 185 g/mol. The minimum Gasteiger partial charge on any atom is -0.277 e. The van der Waals surface area contributed by atoms with E-state index in [1.807, 2.05) is 10.6 Å². The van der Waals surface area contributed by atoms with E-state index < -0.39 is 24.4 Å². The minimum atomic E-state index is -4.49. The van der Waals surface area contributed by atoms with Gasteiger partial charge >= 0.3 is 6.18 Å². The summed E-state index contributed by atoms with van der Waals surface area (Å²) >= 11 is 0. The van der Waals surface area contributed by atoms with E-state index in [9.17, 15) is 13.2 Å². The maximum atomic E-state index is 12.0. The van der Waals surface area contributed by atoms with Gasteiger partial charge in [-0.05, 0) is 0 Å². The average Bonchev–Trinajstić information content (AvgIpc) is 2.45. The van der Waals surface area contributed by atoms with Gasteiger partial charge in [-0.3, -0.25) is 10.6 Å². The van der Waals surface area contributed by atoms with Crippen LogP contribution < -0.4 is 10.6 Å². The molecule has 0 aromatic carbocycles. The highest BCUT2D eigenvalue weighted by molar-refractivity contribution is 5.14. The highest BCUT2D eigenvalue weighted by Gasteiger charge is 2.48. The molecule has 2 atom stereocenters. The Morgan fingerprint density at radius 2 is 1.38 bits per heavy atom. The van der Waals surface area contributed by atoms with Crippen LogP contribution in [0.15, 0.2) is 0 Å². The Labute approximate surface area is 71.9 Å². The Morgan fingerprint density at radius 1 is 1.00 bits per heavy atom. The number of nitriles is 2. The van der Waals surface area contributed by atoms with Crippen molar-refractivity contribution >= 4 is 0 Å². The highest BCUT2D eigenvalue weighted by Crippen LogP contribution is 2.22. The standard InChI is InChI=1S/C6H5F3N4/c7-6(8,9)5-12-3(1-10)4(2-11)13-5/h3-5,12-13H. The van der Waals surface area contributed by atoms with Gasteiger partial charge in [-0.2, -0.15) is 23.7 Å². The third kappa shape index (κ3) is 1.89. The van der Waals surface area contributed by atoms with E-state index in [0.29, 0.717) is 0 Å². The molecule has 0 aliphatic carbocycles. The molecule has 70 valence electrons. The van der Waals surface area contributed by atoms with Crippen molar-refractivity contribution in [1.82, 2.24) is 10.6 Å². The first-order valence-corrected chi connectivity index (χ1v) is 3.37. The van der Waals surface area contributed by atoms with Crippen molar-refractivity contribution in [3.63, 3.8) is 0 Å². The molecule has 13 heavy (non-hydrogen) atoms. The Hall–Kier alpha value is -1.31. The normalized spacial score (nSPS) is 33.8. The summed E-state index contributed by atoms with van der Waals surface area (Å²) in [6.07, 6.45) is -6.46. The van der Waals surface area contributed by atoms with Crippen LogP contribution in [-0.2, 0) is 0 Å². The second-order valence-corrected chi connectivity index (χ2v) is 2.52. The smallest absolute Gasteiger partial charge is 0.277 e. The average molecular weight is 190 g/mol. The summed E-state index contributed by atoms with van der Waals surface area (Å²) in [5.74, 6) is 0. The van der Waals surface area contributed by atoms with E-state index in [1.165, 1.54) is 0 Å². The fourth-order valence-corrected chi connectivity index (χ4v) is 1.01. The number of rotatable bonds is 0. The molecule has 0 spiro atoms. The minimum absolute atomic E-state index is 1.11. The topological polar surface area (TPSA) is 71.6 Å². The van der Waals surface area contributed by atoms with Gasteiger partial charge in [0.15, 0.2) is 6.17 Å². The number of alkyl halides is 3. The summed E-state index contributed by atoms with van der Waals surface area (Å²) in [7, 11) is 0. The van der Waals surface area contributed by atoms with Crippen LogP contribution in [0.1, 0.15) is 0 Å². The van der Waals surface area contributed by atoms with E-state index in [2.05, 4.69) is 0 Å². The van der Waals surface area contributed by atoms with Crippen molar-refractivity contribution in [1.29, 1.82) is 10.5 Å². The number of nitrogens with zero attached hydrogens (tertiary/aromatic N) is 2. The fraction of sp³-hybridized carbons (Fsp3) is 0.667. The first-order chi connectivity index (χ1) is 5.99. The van der Waals surface area contributed by atoms with E-state index in [4.69, 9.17) is 10.5 Å². The molecule has 0 radical (unpaired) electrons. The lowest BCUT2D eigenvalue weighted by atomic mass is 10.2. The number of hydrogen-bond acceptors (Lipinski definition) is 4. The molecule has 7 heteroatoms. The van der Waals surface area contributed by atoms with Crippen LogP contribution in [0, 0.1) is 22.7 Å². The molecule has 1 rings (SSSR count). The summed E-state index contributed by atoms with van der Waals surface area (Å²) < 4.78 is 36.1. The molecule has 1 aliphatic rings. The van der Waals surface area contributed by atoms with Gasteiger partial charge in [-0.15, -0.1) is 0 Å². The van der Waals surface area contributed by atoms with Gasteiger partial charge in [0.05, 0.1) is 12.1 Å². The molecule has 0 amide bonds. The molecule has 2 N–H and O–H groups in total. The van der Waals surface area contributed by atoms with Gasteiger partial charge in [0, 0.05) is 0 Å². The molecule has 0 saturated carbocycles. The molecule has 4 nitrogen and oxygen atoms in total. The zero-order valence-electron chi connectivity index (χ0n) is 6.26. The van der Waals surface area contributed by atoms with Gasteiger partial charge in [0.2, 0.25) is 0 Å². The molecule has 0 bridgehead atoms. The van der Waals surface area contributed by atoms with Crippen molar-refractivity contribution in [3.8, 4) is 12.1 Å². The highest BCUT2D eigenvalue weighted by atomic mass is 19.4. The number of halogens is 3.